The van der Waals surface area contributed by atoms with E-state index in [2.05, 4.69) is 0 Å². The summed E-state index contributed by atoms with van der Waals surface area (Å²) in [7, 11) is 1.49. The summed E-state index contributed by atoms with van der Waals surface area (Å²) in [6.07, 6.45) is 2.70. The van der Waals surface area contributed by atoms with Crippen LogP contribution in [0.5, 0.6) is 17.2 Å². The molecule has 0 aromatic heterocycles. The first-order valence-corrected chi connectivity index (χ1v) is 7.38. The highest BCUT2D eigenvalue weighted by molar-refractivity contribution is 6.32. The fourth-order valence-corrected chi connectivity index (χ4v) is 3.26. The number of carboxylic acids is 1. The molecule has 1 aliphatic heterocycles. The lowest BCUT2D eigenvalue weighted by molar-refractivity contribution is -0.147. The van der Waals surface area contributed by atoms with Crippen LogP contribution in [0.2, 0.25) is 5.02 Å². The molecule has 0 spiro atoms. The zero-order chi connectivity index (χ0) is 15.0. The van der Waals surface area contributed by atoms with Crippen LogP contribution in [0.4, 0.5) is 0 Å². The molecular weight excluding hydrogens is 296 g/mol. The van der Waals surface area contributed by atoms with Crippen molar-refractivity contribution < 1.29 is 24.1 Å². The summed E-state index contributed by atoms with van der Waals surface area (Å²) in [5, 5.41) is 10.1. The van der Waals surface area contributed by atoms with Crippen LogP contribution < -0.4 is 14.2 Å². The van der Waals surface area contributed by atoms with Crippen LogP contribution in [0.3, 0.4) is 0 Å². The third-order valence-corrected chi connectivity index (χ3v) is 4.53. The molecule has 21 heavy (non-hydrogen) atoms. The minimum atomic E-state index is -0.992. The summed E-state index contributed by atoms with van der Waals surface area (Å²) in [6.45, 7) is 1.01. The Hall–Kier alpha value is -1.62. The molecule has 0 unspecified atom stereocenters. The van der Waals surface area contributed by atoms with Gasteiger partial charge in [-0.15, -0.1) is 0 Å². The molecule has 1 aromatic carbocycles. The standard InChI is InChI=1S/C15H17ClO5/c1-19-12-9(16)8-10-13(21-7-3-6-20-10)11(12)15(14(17)18)4-2-5-15/h8H,2-7H2,1H3,(H,17,18). The van der Waals surface area contributed by atoms with Crippen molar-refractivity contribution in [2.45, 2.75) is 31.1 Å². The number of aliphatic carboxylic acids is 1. The van der Waals surface area contributed by atoms with Crippen molar-refractivity contribution >= 4 is 17.6 Å². The minimum absolute atomic E-state index is 0.351. The first kappa shape index (κ1) is 14.3. The van der Waals surface area contributed by atoms with Gasteiger partial charge in [0.05, 0.1) is 30.9 Å². The molecule has 6 heteroatoms. The van der Waals surface area contributed by atoms with E-state index in [9.17, 15) is 9.90 Å². The van der Waals surface area contributed by atoms with Crippen molar-refractivity contribution in [3.8, 4) is 17.2 Å². The molecule has 2 aliphatic rings. The number of carboxylic acid groups (broad SMARTS) is 1. The van der Waals surface area contributed by atoms with E-state index >= 15 is 0 Å². The van der Waals surface area contributed by atoms with Crippen LogP contribution in [0.1, 0.15) is 31.2 Å². The number of ether oxygens (including phenoxy) is 3. The van der Waals surface area contributed by atoms with Crippen LogP contribution in [0.25, 0.3) is 0 Å². The summed E-state index contributed by atoms with van der Waals surface area (Å²) in [5.74, 6) is 0.476. The number of fused-ring (bicyclic) bond motifs is 1. The Morgan fingerprint density at radius 3 is 2.62 bits per heavy atom. The Morgan fingerprint density at radius 1 is 1.33 bits per heavy atom. The molecule has 1 aromatic rings. The van der Waals surface area contributed by atoms with Crippen LogP contribution in [0.15, 0.2) is 6.07 Å². The maximum atomic E-state index is 11.9. The fourth-order valence-electron chi connectivity index (χ4n) is 2.99. The van der Waals surface area contributed by atoms with Gasteiger partial charge in [0, 0.05) is 12.5 Å². The van der Waals surface area contributed by atoms with E-state index in [4.69, 9.17) is 25.8 Å². The maximum absolute atomic E-state index is 11.9. The van der Waals surface area contributed by atoms with Crippen LogP contribution in [-0.2, 0) is 10.2 Å². The van der Waals surface area contributed by atoms with Gasteiger partial charge in [-0.05, 0) is 12.8 Å². The number of hydrogen-bond donors (Lipinski definition) is 1. The summed E-state index contributed by atoms with van der Waals surface area (Å²) < 4.78 is 16.8. The third-order valence-electron chi connectivity index (χ3n) is 4.24. The SMILES string of the molecule is COc1c(Cl)cc2c(c1C1(C(=O)O)CCC1)OCCCO2. The molecule has 1 N–H and O–H groups in total. The average Bonchev–Trinajstić information content (AvgIpc) is 2.61. The zero-order valence-corrected chi connectivity index (χ0v) is 12.5. The average molecular weight is 313 g/mol. The molecule has 0 radical (unpaired) electrons. The Kier molecular flexibility index (Phi) is 3.61. The van der Waals surface area contributed by atoms with Crippen LogP contribution in [0, 0.1) is 0 Å². The molecule has 1 saturated carbocycles. The van der Waals surface area contributed by atoms with Gasteiger partial charge >= 0.3 is 5.97 Å². The summed E-state index contributed by atoms with van der Waals surface area (Å²) in [6, 6.07) is 1.64. The van der Waals surface area contributed by atoms with Crippen molar-refractivity contribution in [1.29, 1.82) is 0 Å². The van der Waals surface area contributed by atoms with E-state index in [1.54, 1.807) is 6.07 Å². The number of hydrogen-bond acceptors (Lipinski definition) is 4. The Labute approximate surface area is 127 Å². The highest BCUT2D eigenvalue weighted by Crippen LogP contribution is 2.56. The molecule has 0 saturated heterocycles. The monoisotopic (exact) mass is 312 g/mol. The lowest BCUT2D eigenvalue weighted by Crippen LogP contribution is -2.43. The maximum Gasteiger partial charge on any atom is 0.314 e. The van der Waals surface area contributed by atoms with Crippen molar-refractivity contribution in [2.24, 2.45) is 0 Å². The van der Waals surface area contributed by atoms with E-state index in [0.717, 1.165) is 12.8 Å². The zero-order valence-electron chi connectivity index (χ0n) is 11.8. The highest BCUT2D eigenvalue weighted by Gasteiger charge is 2.51. The molecular formula is C15H17ClO5. The number of carbonyl (C=O) groups is 1. The second kappa shape index (κ2) is 5.30. The van der Waals surface area contributed by atoms with E-state index < -0.39 is 11.4 Å². The van der Waals surface area contributed by atoms with E-state index in [-0.39, 0.29) is 0 Å². The van der Waals surface area contributed by atoms with Gasteiger partial charge in [0.15, 0.2) is 11.5 Å². The van der Waals surface area contributed by atoms with Crippen molar-refractivity contribution in [3.63, 3.8) is 0 Å². The number of rotatable bonds is 3. The Bertz CT molecular complexity index is 580. The lowest BCUT2D eigenvalue weighted by atomic mass is 9.64. The molecule has 1 fully saturated rings. The normalized spacial score (nSPS) is 19.3. The number of halogens is 1. The first-order chi connectivity index (χ1) is 10.1. The van der Waals surface area contributed by atoms with E-state index in [1.807, 2.05) is 0 Å². The van der Waals surface area contributed by atoms with Gasteiger partial charge in [-0.25, -0.2) is 0 Å². The molecule has 5 nitrogen and oxygen atoms in total. The second-order valence-electron chi connectivity index (χ2n) is 5.39. The van der Waals surface area contributed by atoms with Gasteiger partial charge in [-0.2, -0.15) is 0 Å². The smallest absolute Gasteiger partial charge is 0.314 e. The quantitative estimate of drug-likeness (QED) is 0.929. The predicted octanol–water partition coefficient (Wildman–Crippen LogP) is 3.02. The summed E-state index contributed by atoms with van der Waals surface area (Å²) >= 11 is 6.26. The topological polar surface area (TPSA) is 65.0 Å². The summed E-state index contributed by atoms with van der Waals surface area (Å²) in [4.78, 5) is 11.9. The first-order valence-electron chi connectivity index (χ1n) is 7.00. The van der Waals surface area contributed by atoms with Crippen LogP contribution >= 0.6 is 11.6 Å². The van der Waals surface area contributed by atoms with Crippen molar-refractivity contribution in [1.82, 2.24) is 0 Å². The van der Waals surface area contributed by atoms with Gasteiger partial charge in [-0.3, -0.25) is 4.79 Å². The Balaban J connectivity index is 2.25. The lowest BCUT2D eigenvalue weighted by Gasteiger charge is -2.39. The predicted molar refractivity (Wildman–Crippen MR) is 76.8 cm³/mol. The fraction of sp³-hybridized carbons (Fsp3) is 0.533. The molecule has 114 valence electrons. The molecule has 0 bridgehead atoms. The Morgan fingerprint density at radius 2 is 2.05 bits per heavy atom. The van der Waals surface area contributed by atoms with E-state index in [1.165, 1.54) is 7.11 Å². The van der Waals surface area contributed by atoms with Gasteiger partial charge in [-0.1, -0.05) is 18.0 Å². The van der Waals surface area contributed by atoms with Crippen molar-refractivity contribution in [2.75, 3.05) is 20.3 Å². The van der Waals surface area contributed by atoms with Gasteiger partial charge in [0.1, 0.15) is 11.2 Å². The second-order valence-corrected chi connectivity index (χ2v) is 5.79. The largest absolute Gasteiger partial charge is 0.495 e. The molecule has 3 rings (SSSR count). The summed E-state index contributed by atoms with van der Waals surface area (Å²) in [5.41, 5.74) is -0.471. The van der Waals surface area contributed by atoms with Crippen LogP contribution in [-0.4, -0.2) is 31.4 Å². The number of methoxy groups -OCH3 is 1. The van der Waals surface area contributed by atoms with Gasteiger partial charge < -0.3 is 19.3 Å². The molecule has 0 atom stereocenters. The molecule has 1 aliphatic carbocycles. The van der Waals surface area contributed by atoms with Gasteiger partial charge in [0.2, 0.25) is 0 Å². The third kappa shape index (κ3) is 2.11. The minimum Gasteiger partial charge on any atom is -0.495 e. The number of benzene rings is 1. The van der Waals surface area contributed by atoms with Gasteiger partial charge in [0.25, 0.3) is 0 Å². The molecule has 0 amide bonds. The molecule has 1 heterocycles. The van der Waals surface area contributed by atoms with Crippen molar-refractivity contribution in [3.05, 3.63) is 16.7 Å². The highest BCUT2D eigenvalue weighted by atomic mass is 35.5. The van der Waals surface area contributed by atoms with E-state index in [0.29, 0.717) is 53.9 Å².